The summed E-state index contributed by atoms with van der Waals surface area (Å²) in [5.74, 6) is 1.20. The summed E-state index contributed by atoms with van der Waals surface area (Å²) in [6, 6.07) is 18.4. The summed E-state index contributed by atoms with van der Waals surface area (Å²) in [5.41, 5.74) is 3.00. The lowest BCUT2D eigenvalue weighted by atomic mass is 9.93. The highest BCUT2D eigenvalue weighted by molar-refractivity contribution is 5.82. The van der Waals surface area contributed by atoms with E-state index < -0.39 is 0 Å². The van der Waals surface area contributed by atoms with Crippen molar-refractivity contribution < 1.29 is 4.79 Å². The zero-order chi connectivity index (χ0) is 18.2. The molecule has 1 amide bonds. The number of para-hydroxylation sites is 2. The first-order valence-corrected chi connectivity index (χ1v) is 9.59. The molecule has 3 aliphatic rings. The van der Waals surface area contributed by atoms with Gasteiger partial charge in [0.15, 0.2) is 0 Å². The van der Waals surface area contributed by atoms with E-state index in [1.165, 1.54) is 5.56 Å². The lowest BCUT2D eigenvalue weighted by Gasteiger charge is -2.36. The number of rotatable bonds is 3. The van der Waals surface area contributed by atoms with Crippen LogP contribution in [-0.4, -0.2) is 39.9 Å². The van der Waals surface area contributed by atoms with Crippen molar-refractivity contribution in [1.29, 1.82) is 0 Å². The summed E-state index contributed by atoms with van der Waals surface area (Å²) in [6.45, 7) is 2.24. The molecule has 0 N–H and O–H groups in total. The maximum atomic E-state index is 13.1. The molecule has 0 aliphatic carbocycles. The van der Waals surface area contributed by atoms with E-state index in [0.717, 1.165) is 42.8 Å². The smallest absolute Gasteiger partial charge is 0.228 e. The standard InChI is InChI=1S/C22H22N4O/c27-22-17-10-11-18(26(22)13-16-6-2-1-3-7-16)15-25(14-17)21-12-23-19-8-4-5-9-20(19)24-21/h1-9,12,17-18H,10-11,13-15H2. The third-order valence-electron chi connectivity index (χ3n) is 5.75. The number of nitrogens with zero attached hydrogens (tertiary/aromatic N) is 4. The van der Waals surface area contributed by atoms with Crippen molar-refractivity contribution in [3.05, 3.63) is 66.4 Å². The zero-order valence-corrected chi connectivity index (χ0v) is 15.2. The Kier molecular flexibility index (Phi) is 4.00. The fourth-order valence-electron chi connectivity index (χ4n) is 4.32. The highest BCUT2D eigenvalue weighted by atomic mass is 16.2. The van der Waals surface area contributed by atoms with Crippen molar-refractivity contribution in [2.75, 3.05) is 18.0 Å². The Hall–Kier alpha value is -2.95. The Bertz CT molecular complexity index is 974. The highest BCUT2D eigenvalue weighted by Crippen LogP contribution is 2.32. The summed E-state index contributed by atoms with van der Waals surface area (Å²) in [4.78, 5) is 26.8. The number of carbonyl (C=O) groups excluding carboxylic acids is 1. The summed E-state index contributed by atoms with van der Waals surface area (Å²) in [6.07, 6.45) is 3.87. The minimum absolute atomic E-state index is 0.0423. The van der Waals surface area contributed by atoms with E-state index in [4.69, 9.17) is 4.98 Å². The molecule has 3 saturated heterocycles. The maximum Gasteiger partial charge on any atom is 0.228 e. The van der Waals surface area contributed by atoms with Gasteiger partial charge in [-0.05, 0) is 30.5 Å². The zero-order valence-electron chi connectivity index (χ0n) is 15.2. The van der Waals surface area contributed by atoms with Crippen LogP contribution in [0.1, 0.15) is 18.4 Å². The largest absolute Gasteiger partial charge is 0.352 e. The maximum absolute atomic E-state index is 13.1. The molecule has 4 heterocycles. The van der Waals surface area contributed by atoms with Crippen molar-refractivity contribution in [2.24, 2.45) is 5.92 Å². The van der Waals surface area contributed by atoms with Crippen LogP contribution in [0.3, 0.4) is 0 Å². The van der Waals surface area contributed by atoms with E-state index in [9.17, 15) is 4.79 Å². The first-order chi connectivity index (χ1) is 13.3. The number of carbonyl (C=O) groups is 1. The van der Waals surface area contributed by atoms with Gasteiger partial charge in [0.1, 0.15) is 5.82 Å². The van der Waals surface area contributed by atoms with Gasteiger partial charge in [-0.3, -0.25) is 9.78 Å². The van der Waals surface area contributed by atoms with Crippen LogP contribution in [-0.2, 0) is 11.3 Å². The van der Waals surface area contributed by atoms with Crippen LogP contribution >= 0.6 is 0 Å². The van der Waals surface area contributed by atoms with Crippen LogP contribution in [0.25, 0.3) is 11.0 Å². The number of anilines is 1. The molecule has 3 aliphatic heterocycles. The molecule has 0 radical (unpaired) electrons. The van der Waals surface area contributed by atoms with Crippen LogP contribution in [0.2, 0.25) is 0 Å². The van der Waals surface area contributed by atoms with Gasteiger partial charge in [-0.2, -0.15) is 0 Å². The number of hydrogen-bond acceptors (Lipinski definition) is 4. The number of aromatic nitrogens is 2. The van der Waals surface area contributed by atoms with Crippen LogP contribution < -0.4 is 4.90 Å². The lowest BCUT2D eigenvalue weighted by Crippen LogP contribution is -2.47. The Morgan fingerprint density at radius 2 is 1.70 bits per heavy atom. The Balaban J connectivity index is 1.43. The van der Waals surface area contributed by atoms with Gasteiger partial charge in [-0.15, -0.1) is 0 Å². The average Bonchev–Trinajstić information content (AvgIpc) is 3.01. The van der Waals surface area contributed by atoms with Crippen molar-refractivity contribution in [3.8, 4) is 0 Å². The molecule has 0 saturated carbocycles. The van der Waals surface area contributed by atoms with Gasteiger partial charge in [0.05, 0.1) is 23.1 Å². The van der Waals surface area contributed by atoms with Gasteiger partial charge in [0, 0.05) is 25.7 Å². The van der Waals surface area contributed by atoms with Gasteiger partial charge in [0.2, 0.25) is 5.91 Å². The van der Waals surface area contributed by atoms with Crippen LogP contribution in [0.15, 0.2) is 60.8 Å². The monoisotopic (exact) mass is 358 g/mol. The Morgan fingerprint density at radius 3 is 2.56 bits per heavy atom. The van der Waals surface area contributed by atoms with E-state index in [1.807, 2.05) is 48.7 Å². The van der Waals surface area contributed by atoms with Crippen molar-refractivity contribution >= 4 is 22.8 Å². The van der Waals surface area contributed by atoms with Gasteiger partial charge < -0.3 is 9.80 Å². The molecule has 5 heteroatoms. The lowest BCUT2D eigenvalue weighted by molar-refractivity contribution is -0.140. The minimum atomic E-state index is 0.0423. The SMILES string of the molecule is O=C1C2CCC(CN(c3cnc4ccccc4n3)C2)N1Cc1ccccc1. The first-order valence-electron chi connectivity index (χ1n) is 9.59. The second-order valence-corrected chi connectivity index (χ2v) is 7.50. The molecule has 5 nitrogen and oxygen atoms in total. The number of benzene rings is 2. The molecular formula is C22H22N4O. The van der Waals surface area contributed by atoms with Gasteiger partial charge in [-0.1, -0.05) is 42.5 Å². The molecule has 3 aromatic rings. The molecule has 2 unspecified atom stereocenters. The molecule has 2 bridgehead atoms. The topological polar surface area (TPSA) is 49.3 Å². The first kappa shape index (κ1) is 16.2. The van der Waals surface area contributed by atoms with Crippen molar-refractivity contribution in [3.63, 3.8) is 0 Å². The van der Waals surface area contributed by atoms with Gasteiger partial charge >= 0.3 is 0 Å². The highest BCUT2D eigenvalue weighted by Gasteiger charge is 2.41. The normalized spacial score (nSPS) is 22.3. The summed E-state index contributed by atoms with van der Waals surface area (Å²) < 4.78 is 0. The minimum Gasteiger partial charge on any atom is -0.352 e. The molecule has 2 aromatic carbocycles. The quantitative estimate of drug-likeness (QED) is 0.721. The fourth-order valence-corrected chi connectivity index (χ4v) is 4.32. The second kappa shape index (κ2) is 6.65. The van der Waals surface area contributed by atoms with Gasteiger partial charge in [-0.25, -0.2) is 4.98 Å². The Morgan fingerprint density at radius 1 is 0.926 bits per heavy atom. The number of amides is 1. The molecular weight excluding hydrogens is 336 g/mol. The van der Waals surface area contributed by atoms with Crippen molar-refractivity contribution in [2.45, 2.75) is 25.4 Å². The van der Waals surface area contributed by atoms with E-state index in [0.29, 0.717) is 6.54 Å². The molecule has 1 aromatic heterocycles. The van der Waals surface area contributed by atoms with E-state index >= 15 is 0 Å². The average molecular weight is 358 g/mol. The van der Waals surface area contributed by atoms with E-state index in [2.05, 4.69) is 26.9 Å². The van der Waals surface area contributed by atoms with Crippen molar-refractivity contribution in [1.82, 2.24) is 14.9 Å². The third-order valence-corrected chi connectivity index (χ3v) is 5.75. The predicted octanol–water partition coefficient (Wildman–Crippen LogP) is 3.26. The molecule has 2 atom stereocenters. The van der Waals surface area contributed by atoms with Crippen LogP contribution in [0.4, 0.5) is 5.82 Å². The Labute approximate surface area is 158 Å². The summed E-state index contributed by atoms with van der Waals surface area (Å²) >= 11 is 0. The summed E-state index contributed by atoms with van der Waals surface area (Å²) in [7, 11) is 0. The summed E-state index contributed by atoms with van der Waals surface area (Å²) in [5, 5.41) is 0. The van der Waals surface area contributed by atoms with Gasteiger partial charge in [0.25, 0.3) is 0 Å². The predicted molar refractivity (Wildman–Crippen MR) is 105 cm³/mol. The fraction of sp³-hybridized carbons (Fsp3) is 0.318. The second-order valence-electron chi connectivity index (χ2n) is 7.50. The van der Waals surface area contributed by atoms with E-state index in [1.54, 1.807) is 0 Å². The molecule has 0 spiro atoms. The van der Waals surface area contributed by atoms with E-state index in [-0.39, 0.29) is 17.9 Å². The number of piperidine rings is 1. The molecule has 136 valence electrons. The number of fused-ring (bicyclic) bond motifs is 5. The third kappa shape index (κ3) is 3.03. The molecule has 27 heavy (non-hydrogen) atoms. The number of hydrogen-bond donors (Lipinski definition) is 0. The molecule has 6 rings (SSSR count). The van der Waals surface area contributed by atoms with Crippen LogP contribution in [0, 0.1) is 5.92 Å². The molecule has 3 fully saturated rings. The van der Waals surface area contributed by atoms with Crippen LogP contribution in [0.5, 0.6) is 0 Å².